The maximum Gasteiger partial charge on any atom is 0.252 e. The third kappa shape index (κ3) is 4.31. The molecule has 0 amide bonds. The van der Waals surface area contributed by atoms with Crippen molar-refractivity contribution in [2.24, 2.45) is 5.10 Å². The van der Waals surface area contributed by atoms with E-state index in [-0.39, 0.29) is 22.9 Å². The Labute approximate surface area is 195 Å². The van der Waals surface area contributed by atoms with Crippen molar-refractivity contribution in [2.75, 3.05) is 10.7 Å². The van der Waals surface area contributed by atoms with Gasteiger partial charge in [0.2, 0.25) is 5.95 Å². The van der Waals surface area contributed by atoms with Crippen LogP contribution in [0.4, 0.5) is 11.9 Å². The minimum atomic E-state index is -0.313. The summed E-state index contributed by atoms with van der Waals surface area (Å²) in [6.45, 7) is 6.03. The first kappa shape index (κ1) is 21.8. The topological polar surface area (TPSA) is 109 Å². The number of allylic oxidation sites excluding steroid dienone is 1. The number of hydrogen-bond acceptors (Lipinski definition) is 7. The predicted molar refractivity (Wildman–Crippen MR) is 128 cm³/mol. The van der Waals surface area contributed by atoms with Crippen LogP contribution >= 0.6 is 23.2 Å². The molecular weight excluding hydrogens is 447 g/mol. The maximum absolute atomic E-state index is 9.87. The SMILES string of the molecule is CC1=NN(c2nc(N)nc(/C(C#N)=C/c3cccn3-c3cc(Cl)cc(Cl)c3)n2)C(C)(C)C1. The predicted octanol–water partition coefficient (Wildman–Crippen LogP) is 4.98. The number of nitriles is 1. The average Bonchev–Trinajstić information content (AvgIpc) is 3.27. The molecular formula is C22H20Cl2N8. The van der Waals surface area contributed by atoms with Crippen molar-refractivity contribution in [3.05, 3.63) is 58.1 Å². The highest BCUT2D eigenvalue weighted by Gasteiger charge is 2.35. The van der Waals surface area contributed by atoms with Gasteiger partial charge in [0.15, 0.2) is 5.82 Å². The van der Waals surface area contributed by atoms with Crippen molar-refractivity contribution >= 4 is 52.5 Å². The van der Waals surface area contributed by atoms with E-state index in [1.54, 1.807) is 29.3 Å². The number of hydrogen-bond donors (Lipinski definition) is 1. The summed E-state index contributed by atoms with van der Waals surface area (Å²) in [5.74, 6) is 0.480. The highest BCUT2D eigenvalue weighted by Crippen LogP contribution is 2.31. The quantitative estimate of drug-likeness (QED) is 0.542. The fourth-order valence-corrected chi connectivity index (χ4v) is 4.19. The Bertz CT molecular complexity index is 1280. The van der Waals surface area contributed by atoms with Gasteiger partial charge in [0.1, 0.15) is 6.07 Å². The lowest BCUT2D eigenvalue weighted by molar-refractivity contribution is 0.505. The molecule has 1 aromatic carbocycles. The standard InChI is InChI=1S/C22H20Cl2N8/c1-13-11-22(2,3)32(30-13)21-28-19(27-20(26)29-21)14(12-25)7-17-5-4-6-31(17)18-9-15(23)8-16(24)10-18/h4-10H,11H2,1-3H3,(H2,26,27,28,29)/b14-7+. The van der Waals surface area contributed by atoms with E-state index in [1.165, 1.54) is 0 Å². The molecule has 0 atom stereocenters. The normalized spacial score (nSPS) is 15.6. The summed E-state index contributed by atoms with van der Waals surface area (Å²) in [5, 5.41) is 17.1. The minimum absolute atomic E-state index is 0.0127. The first-order valence-corrected chi connectivity index (χ1v) is 10.5. The van der Waals surface area contributed by atoms with Crippen molar-refractivity contribution in [3.8, 4) is 11.8 Å². The number of aromatic nitrogens is 4. The average molecular weight is 467 g/mol. The molecule has 1 aliphatic heterocycles. The van der Waals surface area contributed by atoms with E-state index in [0.29, 0.717) is 16.0 Å². The number of nitrogen functional groups attached to an aromatic ring is 1. The summed E-state index contributed by atoms with van der Waals surface area (Å²) in [6.07, 6.45) is 4.29. The maximum atomic E-state index is 9.87. The van der Waals surface area contributed by atoms with E-state index in [2.05, 4.69) is 26.1 Å². The zero-order valence-corrected chi connectivity index (χ0v) is 19.2. The Morgan fingerprint density at radius 3 is 2.53 bits per heavy atom. The molecule has 32 heavy (non-hydrogen) atoms. The molecule has 3 aromatic rings. The first-order chi connectivity index (χ1) is 15.2. The van der Waals surface area contributed by atoms with Crippen LogP contribution in [0, 0.1) is 11.3 Å². The molecule has 0 bridgehead atoms. The van der Waals surface area contributed by atoms with Crippen molar-refractivity contribution < 1.29 is 0 Å². The number of nitrogens with two attached hydrogens (primary N) is 1. The monoisotopic (exact) mass is 466 g/mol. The fraction of sp³-hybridized carbons (Fsp3) is 0.227. The van der Waals surface area contributed by atoms with Gasteiger partial charge in [-0.1, -0.05) is 23.2 Å². The second-order valence-electron chi connectivity index (χ2n) is 8.05. The van der Waals surface area contributed by atoms with Crippen LogP contribution in [0.2, 0.25) is 10.0 Å². The van der Waals surface area contributed by atoms with Crippen molar-refractivity contribution in [1.29, 1.82) is 5.26 Å². The van der Waals surface area contributed by atoms with Crippen LogP contribution in [0.25, 0.3) is 17.3 Å². The van der Waals surface area contributed by atoms with Crippen LogP contribution in [0.3, 0.4) is 0 Å². The van der Waals surface area contributed by atoms with E-state index in [1.807, 2.05) is 43.7 Å². The number of benzene rings is 1. The Balaban J connectivity index is 1.77. The fourth-order valence-electron chi connectivity index (χ4n) is 3.67. The van der Waals surface area contributed by atoms with Crippen molar-refractivity contribution in [1.82, 2.24) is 19.5 Å². The van der Waals surface area contributed by atoms with E-state index in [0.717, 1.165) is 23.5 Å². The van der Waals surface area contributed by atoms with Crippen molar-refractivity contribution in [2.45, 2.75) is 32.7 Å². The lowest BCUT2D eigenvalue weighted by Crippen LogP contribution is -2.37. The summed E-state index contributed by atoms with van der Waals surface area (Å²) in [5.41, 5.74) is 8.32. The summed E-state index contributed by atoms with van der Waals surface area (Å²) in [6, 6.07) is 11.1. The van der Waals surface area contributed by atoms with Gasteiger partial charge >= 0.3 is 0 Å². The summed E-state index contributed by atoms with van der Waals surface area (Å²) in [4.78, 5) is 12.9. The van der Waals surface area contributed by atoms with Gasteiger partial charge in [-0.2, -0.15) is 25.3 Å². The Hall–Kier alpha value is -3.41. The number of nitrogens with zero attached hydrogens (tertiary/aromatic N) is 7. The van der Waals surface area contributed by atoms with Gasteiger partial charge in [0, 0.05) is 39.8 Å². The van der Waals surface area contributed by atoms with Gasteiger partial charge in [-0.25, -0.2) is 5.01 Å². The van der Waals surface area contributed by atoms with E-state index >= 15 is 0 Å². The lowest BCUT2D eigenvalue weighted by atomic mass is 9.99. The summed E-state index contributed by atoms with van der Waals surface area (Å²) >= 11 is 12.3. The Morgan fingerprint density at radius 1 is 1.19 bits per heavy atom. The third-order valence-electron chi connectivity index (χ3n) is 4.92. The molecule has 0 saturated carbocycles. The molecule has 0 unspecified atom stereocenters. The zero-order valence-electron chi connectivity index (χ0n) is 17.7. The highest BCUT2D eigenvalue weighted by atomic mass is 35.5. The Kier molecular flexibility index (Phi) is 5.63. The van der Waals surface area contributed by atoms with Gasteiger partial charge in [-0.15, -0.1) is 0 Å². The molecule has 2 aromatic heterocycles. The van der Waals surface area contributed by atoms with Crippen LogP contribution in [-0.4, -0.2) is 30.8 Å². The molecule has 10 heteroatoms. The number of rotatable bonds is 4. The zero-order chi connectivity index (χ0) is 23.0. The molecule has 162 valence electrons. The van der Waals surface area contributed by atoms with Crippen LogP contribution in [0.1, 0.15) is 38.7 Å². The first-order valence-electron chi connectivity index (χ1n) is 9.78. The molecule has 8 nitrogen and oxygen atoms in total. The minimum Gasteiger partial charge on any atom is -0.368 e. The van der Waals surface area contributed by atoms with Gasteiger partial charge in [0.05, 0.1) is 11.1 Å². The van der Waals surface area contributed by atoms with Crippen LogP contribution in [-0.2, 0) is 0 Å². The molecule has 0 fully saturated rings. The second-order valence-corrected chi connectivity index (χ2v) is 8.93. The van der Waals surface area contributed by atoms with Gasteiger partial charge < -0.3 is 10.3 Å². The van der Waals surface area contributed by atoms with E-state index in [4.69, 9.17) is 28.9 Å². The smallest absolute Gasteiger partial charge is 0.252 e. The van der Waals surface area contributed by atoms with Gasteiger partial charge in [-0.05, 0) is 57.2 Å². The highest BCUT2D eigenvalue weighted by molar-refractivity contribution is 6.34. The molecule has 1 aliphatic rings. The van der Waals surface area contributed by atoms with E-state index in [9.17, 15) is 5.26 Å². The Morgan fingerprint density at radius 2 is 1.91 bits per heavy atom. The molecule has 0 aliphatic carbocycles. The van der Waals surface area contributed by atoms with Gasteiger partial charge in [0.25, 0.3) is 5.95 Å². The molecule has 4 rings (SSSR count). The molecule has 3 heterocycles. The third-order valence-corrected chi connectivity index (χ3v) is 5.36. The summed E-state index contributed by atoms with van der Waals surface area (Å²) < 4.78 is 1.86. The number of halogens is 2. The largest absolute Gasteiger partial charge is 0.368 e. The van der Waals surface area contributed by atoms with Gasteiger partial charge in [-0.3, -0.25) is 0 Å². The molecule has 0 radical (unpaired) electrons. The lowest BCUT2D eigenvalue weighted by Gasteiger charge is -2.28. The molecule has 0 saturated heterocycles. The van der Waals surface area contributed by atoms with Crippen molar-refractivity contribution in [3.63, 3.8) is 0 Å². The summed E-state index contributed by atoms with van der Waals surface area (Å²) in [7, 11) is 0. The van der Waals surface area contributed by atoms with E-state index < -0.39 is 0 Å². The molecule has 2 N–H and O–H groups in total. The number of hydrazone groups is 1. The number of anilines is 2. The second kappa shape index (κ2) is 8.26. The van der Waals surface area contributed by atoms with Crippen LogP contribution in [0.5, 0.6) is 0 Å². The molecule has 0 spiro atoms. The van der Waals surface area contributed by atoms with Crippen LogP contribution < -0.4 is 10.7 Å². The van der Waals surface area contributed by atoms with Crippen LogP contribution in [0.15, 0.2) is 41.6 Å².